The van der Waals surface area contributed by atoms with Crippen LogP contribution in [0, 0.1) is 5.41 Å². The summed E-state index contributed by atoms with van der Waals surface area (Å²) in [7, 11) is 0. The summed E-state index contributed by atoms with van der Waals surface area (Å²) in [5.41, 5.74) is -1.57. The van der Waals surface area contributed by atoms with E-state index in [-0.39, 0.29) is 64.2 Å². The van der Waals surface area contributed by atoms with Gasteiger partial charge >= 0.3 is 63.3 Å². The average Bonchev–Trinajstić information content (AvgIpc) is 2.51. The van der Waals surface area contributed by atoms with Crippen LogP contribution in [-0.4, -0.2) is 73.5 Å². The molecule has 0 amide bonds. The maximum absolute atomic E-state index is 11.5. The Bertz CT molecular complexity index is 317. The summed E-state index contributed by atoms with van der Waals surface area (Å²) in [6, 6.07) is 0. The molecule has 0 saturated carbocycles. The van der Waals surface area contributed by atoms with Crippen LogP contribution in [0.4, 0.5) is 0 Å². The van der Waals surface area contributed by atoms with Gasteiger partial charge < -0.3 is 10.2 Å². The van der Waals surface area contributed by atoms with Gasteiger partial charge in [0, 0.05) is 0 Å². The predicted octanol–water partition coefficient (Wildman–Crippen LogP) is 4.99. The van der Waals surface area contributed by atoms with E-state index in [4.69, 9.17) is 0 Å². The van der Waals surface area contributed by atoms with Crippen LogP contribution >= 0.6 is 0 Å². The molecule has 0 aliphatic heterocycles. The molecule has 0 aromatic heterocycles. The van der Waals surface area contributed by atoms with E-state index >= 15 is 0 Å². The summed E-state index contributed by atoms with van der Waals surface area (Å²) < 4.78 is 0. The molecule has 0 rings (SSSR count). The molecule has 24 heavy (non-hydrogen) atoms. The summed E-state index contributed by atoms with van der Waals surface area (Å²) >= 11 is 0. The molecule has 138 valence electrons. The van der Waals surface area contributed by atoms with E-state index in [0.29, 0.717) is 12.8 Å². The molecule has 0 aromatic carbocycles. The van der Waals surface area contributed by atoms with Crippen LogP contribution in [0.5, 0.6) is 0 Å². The van der Waals surface area contributed by atoms with Crippen molar-refractivity contribution in [1.29, 1.82) is 0 Å². The first kappa shape index (κ1) is 26.8. The van der Waals surface area contributed by atoms with Crippen LogP contribution in [0.25, 0.3) is 0 Å². The monoisotopic (exact) mass is 368 g/mol. The standard InChI is InChI=1S/C19H36O4.K.H/c1-3-5-7-8-9-10-11-12-13-14-16-19(17(20)21,18(22)23)15-6-4-2;;/h3-16H2,1-2H3,(H,20,21)(H,22,23);;. The van der Waals surface area contributed by atoms with Crippen molar-refractivity contribution in [2.75, 3.05) is 0 Å². The minimum absolute atomic E-state index is 0. The molecule has 0 bridgehead atoms. The van der Waals surface area contributed by atoms with Crippen LogP contribution in [0.1, 0.15) is 104 Å². The number of hydrogen-bond donors (Lipinski definition) is 2. The van der Waals surface area contributed by atoms with Crippen molar-refractivity contribution in [2.24, 2.45) is 5.41 Å². The number of carbonyl (C=O) groups is 2. The van der Waals surface area contributed by atoms with Crippen LogP contribution in [-0.2, 0) is 9.59 Å². The molecule has 0 aliphatic rings. The number of unbranched alkanes of at least 4 members (excludes halogenated alkanes) is 10. The Morgan fingerprint density at radius 1 is 0.625 bits per heavy atom. The summed E-state index contributed by atoms with van der Waals surface area (Å²) in [6.07, 6.45) is 13.6. The van der Waals surface area contributed by atoms with Crippen LogP contribution in [0.3, 0.4) is 0 Å². The summed E-state index contributed by atoms with van der Waals surface area (Å²) in [6.45, 7) is 4.17. The Morgan fingerprint density at radius 3 is 1.33 bits per heavy atom. The van der Waals surface area contributed by atoms with Gasteiger partial charge in [-0.1, -0.05) is 90.9 Å². The van der Waals surface area contributed by atoms with E-state index in [1.165, 1.54) is 44.9 Å². The Kier molecular flexibility index (Phi) is 19.0. The molecule has 0 atom stereocenters. The molecular formula is C19H37KO4. The van der Waals surface area contributed by atoms with E-state index in [0.717, 1.165) is 19.3 Å². The van der Waals surface area contributed by atoms with Crippen molar-refractivity contribution in [1.82, 2.24) is 0 Å². The van der Waals surface area contributed by atoms with E-state index in [1.54, 1.807) is 0 Å². The van der Waals surface area contributed by atoms with E-state index < -0.39 is 17.4 Å². The number of aliphatic carboxylic acids is 2. The average molecular weight is 369 g/mol. The van der Waals surface area contributed by atoms with Gasteiger partial charge in [-0.15, -0.1) is 0 Å². The molecule has 0 aliphatic carbocycles. The zero-order valence-electron chi connectivity index (χ0n) is 15.1. The zero-order chi connectivity index (χ0) is 17.6. The summed E-state index contributed by atoms with van der Waals surface area (Å²) in [5, 5.41) is 18.8. The number of hydrogen-bond acceptors (Lipinski definition) is 2. The van der Waals surface area contributed by atoms with Gasteiger partial charge in [-0.05, 0) is 12.8 Å². The van der Waals surface area contributed by atoms with E-state index in [2.05, 4.69) is 6.92 Å². The third kappa shape index (κ3) is 11.2. The van der Waals surface area contributed by atoms with E-state index in [1.807, 2.05) is 6.92 Å². The molecule has 0 unspecified atom stereocenters. The fraction of sp³-hybridized carbons (Fsp3) is 0.895. The number of rotatable bonds is 16. The Labute approximate surface area is 190 Å². The van der Waals surface area contributed by atoms with Crippen LogP contribution in [0.15, 0.2) is 0 Å². The topological polar surface area (TPSA) is 74.6 Å². The maximum atomic E-state index is 11.5. The van der Waals surface area contributed by atoms with Gasteiger partial charge in [0.25, 0.3) is 0 Å². The molecule has 0 aromatic rings. The second-order valence-corrected chi connectivity index (χ2v) is 6.73. The fourth-order valence-corrected chi connectivity index (χ4v) is 3.04. The van der Waals surface area contributed by atoms with Crippen molar-refractivity contribution in [3.8, 4) is 0 Å². The Balaban J connectivity index is 0. The molecule has 0 saturated heterocycles. The van der Waals surface area contributed by atoms with Gasteiger partial charge in [-0.3, -0.25) is 9.59 Å². The quantitative estimate of drug-likeness (QED) is 0.228. The van der Waals surface area contributed by atoms with Crippen molar-refractivity contribution >= 4 is 63.3 Å². The minimum atomic E-state index is -1.57. The van der Waals surface area contributed by atoms with Crippen LogP contribution < -0.4 is 0 Å². The third-order valence-electron chi connectivity index (χ3n) is 4.73. The Morgan fingerprint density at radius 2 is 0.958 bits per heavy atom. The first-order valence-electron chi connectivity index (χ1n) is 9.48. The predicted molar refractivity (Wildman–Crippen MR) is 101 cm³/mol. The van der Waals surface area contributed by atoms with Crippen molar-refractivity contribution in [3.05, 3.63) is 0 Å². The summed E-state index contributed by atoms with van der Waals surface area (Å²) in [5.74, 6) is -2.34. The molecule has 5 heteroatoms. The van der Waals surface area contributed by atoms with Crippen molar-refractivity contribution in [2.45, 2.75) is 104 Å². The van der Waals surface area contributed by atoms with Gasteiger partial charge in [-0.25, -0.2) is 0 Å². The number of carboxylic acid groups (broad SMARTS) is 2. The first-order chi connectivity index (χ1) is 11.0. The van der Waals surface area contributed by atoms with Gasteiger partial charge in [0.05, 0.1) is 0 Å². The molecule has 0 spiro atoms. The van der Waals surface area contributed by atoms with Gasteiger partial charge in [0.15, 0.2) is 5.41 Å². The second-order valence-electron chi connectivity index (χ2n) is 6.73. The SMILES string of the molecule is CCCCCCCCCCCCC(CCCC)(C(=O)O)C(=O)O.[KH]. The first-order valence-corrected chi connectivity index (χ1v) is 9.48. The fourth-order valence-electron chi connectivity index (χ4n) is 3.04. The van der Waals surface area contributed by atoms with Crippen molar-refractivity contribution in [3.63, 3.8) is 0 Å². The number of carboxylic acids is 2. The third-order valence-corrected chi connectivity index (χ3v) is 4.73. The molecule has 2 N–H and O–H groups in total. The summed E-state index contributed by atoms with van der Waals surface area (Å²) in [4.78, 5) is 23.0. The van der Waals surface area contributed by atoms with Gasteiger partial charge in [0.1, 0.15) is 0 Å². The molecular weight excluding hydrogens is 331 g/mol. The van der Waals surface area contributed by atoms with Crippen molar-refractivity contribution < 1.29 is 19.8 Å². The molecule has 0 fully saturated rings. The molecule has 4 nitrogen and oxygen atoms in total. The van der Waals surface area contributed by atoms with Crippen LogP contribution in [0.2, 0.25) is 0 Å². The molecule has 0 heterocycles. The molecule has 0 radical (unpaired) electrons. The van der Waals surface area contributed by atoms with Gasteiger partial charge in [-0.2, -0.15) is 0 Å². The normalized spacial score (nSPS) is 11.1. The second kappa shape index (κ2) is 17.0. The van der Waals surface area contributed by atoms with Gasteiger partial charge in [0.2, 0.25) is 0 Å². The van der Waals surface area contributed by atoms with E-state index in [9.17, 15) is 19.8 Å². The Hall–Kier alpha value is 0.576. The zero-order valence-corrected chi connectivity index (χ0v) is 15.1.